The van der Waals surface area contributed by atoms with Crippen molar-refractivity contribution in [3.05, 3.63) is 60.2 Å². The van der Waals surface area contributed by atoms with Gasteiger partial charge in [0.25, 0.3) is 0 Å². The van der Waals surface area contributed by atoms with E-state index < -0.39 is 9.84 Å². The fourth-order valence-corrected chi connectivity index (χ4v) is 6.38. The lowest BCUT2D eigenvalue weighted by atomic mass is 10.1. The fourth-order valence-electron chi connectivity index (χ4n) is 3.47. The fraction of sp³-hybridized carbons (Fsp3) is 0.316. The number of benzene rings is 2. The lowest BCUT2D eigenvalue weighted by molar-refractivity contribution is 0.415. The van der Waals surface area contributed by atoms with E-state index in [0.717, 1.165) is 22.4 Å². The van der Waals surface area contributed by atoms with Gasteiger partial charge in [-0.15, -0.1) is 0 Å². The molecule has 4 rings (SSSR count). The van der Waals surface area contributed by atoms with E-state index in [1.807, 2.05) is 42.5 Å². The summed E-state index contributed by atoms with van der Waals surface area (Å²) >= 11 is 1.64. The van der Waals surface area contributed by atoms with Crippen LogP contribution in [0.25, 0.3) is 0 Å². The predicted molar refractivity (Wildman–Crippen MR) is 107 cm³/mol. The molecule has 0 N–H and O–H groups in total. The first-order valence-corrected chi connectivity index (χ1v) is 11.3. The van der Waals surface area contributed by atoms with E-state index in [1.54, 1.807) is 18.9 Å². The maximum absolute atomic E-state index is 12.1. The lowest BCUT2D eigenvalue weighted by Gasteiger charge is -2.27. The minimum atomic E-state index is -3.06. The Balaban J connectivity index is 1.66. The van der Waals surface area contributed by atoms with Gasteiger partial charge in [0.2, 0.25) is 0 Å². The van der Waals surface area contributed by atoms with Crippen LogP contribution in [0.1, 0.15) is 5.56 Å². The molecule has 0 bridgehead atoms. The first-order valence-electron chi connectivity index (χ1n) is 8.44. The third kappa shape index (κ3) is 3.33. The first kappa shape index (κ1) is 17.4. The van der Waals surface area contributed by atoms with Crippen LogP contribution in [0.5, 0.6) is 5.75 Å². The van der Waals surface area contributed by atoms with Crippen molar-refractivity contribution in [1.29, 1.82) is 0 Å². The summed E-state index contributed by atoms with van der Waals surface area (Å²) in [5, 5.41) is 0.864. The summed E-state index contributed by atoms with van der Waals surface area (Å²) in [4.78, 5) is 6.82. The van der Waals surface area contributed by atoms with Crippen LogP contribution in [-0.2, 0) is 15.6 Å². The van der Waals surface area contributed by atoms with Gasteiger partial charge in [0, 0.05) is 5.75 Å². The largest absolute Gasteiger partial charge is 0.495 e. The number of anilines is 1. The molecule has 2 aliphatic rings. The first-order chi connectivity index (χ1) is 12.6. The highest BCUT2D eigenvalue weighted by Crippen LogP contribution is 2.39. The van der Waals surface area contributed by atoms with Crippen molar-refractivity contribution in [1.82, 2.24) is 0 Å². The summed E-state index contributed by atoms with van der Waals surface area (Å²) in [6.45, 7) is 0. The molecular weight excluding hydrogens is 368 g/mol. The van der Waals surface area contributed by atoms with E-state index >= 15 is 0 Å². The Hall–Kier alpha value is -1.99. The van der Waals surface area contributed by atoms with E-state index in [9.17, 15) is 8.42 Å². The smallest absolute Gasteiger partial charge is 0.164 e. The molecule has 2 aromatic carbocycles. The number of aliphatic imine (C=N–C) groups is 1. The summed E-state index contributed by atoms with van der Waals surface area (Å²) in [5.41, 5.74) is 2.09. The second kappa shape index (κ2) is 6.96. The van der Waals surface area contributed by atoms with Crippen LogP contribution in [0.2, 0.25) is 0 Å². The number of para-hydroxylation sites is 2. The molecule has 0 spiro atoms. The number of sulfone groups is 1. The summed E-state index contributed by atoms with van der Waals surface area (Å²) in [7, 11) is -1.42. The average Bonchev–Trinajstić information content (AvgIpc) is 3.11. The zero-order valence-corrected chi connectivity index (χ0v) is 16.0. The van der Waals surface area contributed by atoms with Crippen LogP contribution >= 0.6 is 11.8 Å². The lowest BCUT2D eigenvalue weighted by Crippen LogP contribution is -2.39. The van der Waals surface area contributed by atoms with Crippen molar-refractivity contribution in [3.8, 4) is 5.75 Å². The molecule has 0 radical (unpaired) electrons. The van der Waals surface area contributed by atoms with Gasteiger partial charge in [0.1, 0.15) is 5.75 Å². The molecule has 0 saturated carbocycles. The Morgan fingerprint density at radius 2 is 1.85 bits per heavy atom. The van der Waals surface area contributed by atoms with Gasteiger partial charge in [-0.05, 0) is 17.7 Å². The van der Waals surface area contributed by atoms with Crippen molar-refractivity contribution in [2.75, 3.05) is 23.5 Å². The third-order valence-corrected chi connectivity index (χ3v) is 7.40. The number of ether oxygens (including phenoxy) is 1. The molecule has 2 aromatic rings. The van der Waals surface area contributed by atoms with Crippen LogP contribution in [0.15, 0.2) is 59.6 Å². The van der Waals surface area contributed by atoms with Crippen molar-refractivity contribution >= 4 is 32.5 Å². The molecule has 7 heteroatoms. The maximum atomic E-state index is 12.1. The molecule has 136 valence electrons. The molecule has 1 saturated heterocycles. The van der Waals surface area contributed by atoms with Crippen LogP contribution in [0, 0.1) is 0 Å². The van der Waals surface area contributed by atoms with E-state index in [-0.39, 0.29) is 23.6 Å². The zero-order chi connectivity index (χ0) is 18.1. The molecule has 2 heterocycles. The van der Waals surface area contributed by atoms with Gasteiger partial charge < -0.3 is 9.64 Å². The summed E-state index contributed by atoms with van der Waals surface area (Å²) < 4.78 is 29.8. The molecule has 2 aliphatic heterocycles. The number of thioether (sulfide) groups is 1. The van der Waals surface area contributed by atoms with Gasteiger partial charge in [-0.2, -0.15) is 0 Å². The molecule has 26 heavy (non-hydrogen) atoms. The van der Waals surface area contributed by atoms with Crippen molar-refractivity contribution in [2.24, 2.45) is 4.99 Å². The molecule has 1 fully saturated rings. The van der Waals surface area contributed by atoms with E-state index in [0.29, 0.717) is 0 Å². The number of fused-ring (bicyclic) bond motifs is 1. The van der Waals surface area contributed by atoms with Crippen LogP contribution < -0.4 is 9.64 Å². The highest BCUT2D eigenvalue weighted by atomic mass is 32.2. The molecule has 0 aliphatic carbocycles. The van der Waals surface area contributed by atoms with Crippen molar-refractivity contribution in [2.45, 2.75) is 17.8 Å². The predicted octanol–water partition coefficient (Wildman–Crippen LogP) is 2.97. The SMILES string of the molecule is COc1ccccc1N1C(SCc2ccccc2)=N[C@H]2CS(=O)(=O)C[C@@H]21. The van der Waals surface area contributed by atoms with Crippen molar-refractivity contribution < 1.29 is 13.2 Å². The standard InChI is InChI=1S/C19H20N2O3S2/c1-24-18-10-6-5-9-16(18)21-17-13-26(22,23)12-15(17)20-19(21)25-11-14-7-3-2-4-8-14/h2-10,15,17H,11-13H2,1H3/t15-,17-/m0/s1. The van der Waals surface area contributed by atoms with Gasteiger partial charge in [-0.3, -0.25) is 4.99 Å². The molecular formula is C19H20N2O3S2. The minimum Gasteiger partial charge on any atom is -0.495 e. The van der Waals surface area contributed by atoms with Crippen LogP contribution in [0.3, 0.4) is 0 Å². The van der Waals surface area contributed by atoms with Gasteiger partial charge in [-0.25, -0.2) is 8.42 Å². The number of hydrogen-bond donors (Lipinski definition) is 0. The van der Waals surface area contributed by atoms with E-state index in [2.05, 4.69) is 17.0 Å². The second-order valence-corrected chi connectivity index (χ2v) is 9.54. The average molecular weight is 389 g/mol. The zero-order valence-electron chi connectivity index (χ0n) is 14.4. The number of amidine groups is 1. The highest BCUT2D eigenvalue weighted by molar-refractivity contribution is 8.13. The normalized spacial score (nSPS) is 23.6. The monoisotopic (exact) mass is 388 g/mol. The third-order valence-electron chi connectivity index (χ3n) is 4.66. The molecule has 0 aromatic heterocycles. The number of methoxy groups -OCH3 is 1. The number of rotatable bonds is 4. The van der Waals surface area contributed by atoms with Crippen LogP contribution in [-0.4, -0.2) is 44.3 Å². The molecule has 0 amide bonds. The molecule has 5 nitrogen and oxygen atoms in total. The summed E-state index contributed by atoms with van der Waals surface area (Å²) in [6, 6.07) is 17.6. The molecule has 2 atom stereocenters. The number of hydrogen-bond acceptors (Lipinski definition) is 6. The highest BCUT2D eigenvalue weighted by Gasteiger charge is 2.47. The van der Waals surface area contributed by atoms with E-state index in [1.165, 1.54) is 5.56 Å². The Morgan fingerprint density at radius 1 is 1.12 bits per heavy atom. The summed E-state index contributed by atoms with van der Waals surface area (Å²) in [6.07, 6.45) is 0. The minimum absolute atomic E-state index is 0.124. The Kier molecular flexibility index (Phi) is 4.67. The topological polar surface area (TPSA) is 59.0 Å². The van der Waals surface area contributed by atoms with Gasteiger partial charge >= 0.3 is 0 Å². The van der Waals surface area contributed by atoms with E-state index in [4.69, 9.17) is 9.73 Å². The second-order valence-electron chi connectivity index (χ2n) is 6.44. The maximum Gasteiger partial charge on any atom is 0.164 e. The Bertz CT molecular complexity index is 929. The van der Waals surface area contributed by atoms with Gasteiger partial charge in [-0.1, -0.05) is 54.2 Å². The quantitative estimate of drug-likeness (QED) is 0.806. The van der Waals surface area contributed by atoms with Crippen molar-refractivity contribution in [3.63, 3.8) is 0 Å². The Morgan fingerprint density at radius 3 is 2.62 bits per heavy atom. The number of nitrogens with zero attached hydrogens (tertiary/aromatic N) is 2. The van der Waals surface area contributed by atoms with Gasteiger partial charge in [0.15, 0.2) is 15.0 Å². The summed E-state index contributed by atoms with van der Waals surface area (Å²) in [5.74, 6) is 1.77. The van der Waals surface area contributed by atoms with Crippen LogP contribution in [0.4, 0.5) is 5.69 Å². The molecule has 0 unspecified atom stereocenters. The Labute approximate surface area is 158 Å². The van der Waals surface area contributed by atoms with Gasteiger partial charge in [0.05, 0.1) is 36.4 Å².